The predicted molar refractivity (Wildman–Crippen MR) is 71.3 cm³/mol. The molecule has 1 aromatic heterocycles. The van der Waals surface area contributed by atoms with Crippen molar-refractivity contribution in [2.75, 3.05) is 5.73 Å². The summed E-state index contributed by atoms with van der Waals surface area (Å²) < 4.78 is 5.60. The van der Waals surface area contributed by atoms with Crippen LogP contribution in [0.3, 0.4) is 0 Å². The number of hydrogen-bond donors (Lipinski definition) is 1. The summed E-state index contributed by atoms with van der Waals surface area (Å²) in [6.07, 6.45) is 1.64. The number of nitrogen functional groups attached to an aromatic ring is 1. The first-order valence-corrected chi connectivity index (χ1v) is 5.96. The molecule has 0 spiro atoms. The number of benzene rings is 1. The number of para-hydroxylation sites is 1. The van der Waals surface area contributed by atoms with Gasteiger partial charge >= 0.3 is 0 Å². The summed E-state index contributed by atoms with van der Waals surface area (Å²) in [6, 6.07) is 9.61. The van der Waals surface area contributed by atoms with E-state index in [1.54, 1.807) is 6.20 Å². The molecule has 0 aliphatic heterocycles. The Kier molecular flexibility index (Phi) is 3.77. The van der Waals surface area contributed by atoms with Crippen molar-refractivity contribution in [2.24, 2.45) is 0 Å². The van der Waals surface area contributed by atoms with Crippen LogP contribution < -0.4 is 10.5 Å². The van der Waals surface area contributed by atoms with Crippen molar-refractivity contribution in [1.82, 2.24) is 9.97 Å². The highest BCUT2D eigenvalue weighted by atomic mass is 16.5. The zero-order chi connectivity index (χ0) is 13.0. The maximum Gasteiger partial charge on any atom is 0.166 e. The smallest absolute Gasteiger partial charge is 0.166 e. The first kappa shape index (κ1) is 12.4. The van der Waals surface area contributed by atoms with E-state index in [0.717, 1.165) is 11.4 Å². The first-order chi connectivity index (χ1) is 8.66. The molecule has 0 saturated carbocycles. The Labute approximate surface area is 107 Å². The van der Waals surface area contributed by atoms with E-state index < -0.39 is 0 Å². The monoisotopic (exact) mass is 243 g/mol. The highest BCUT2D eigenvalue weighted by molar-refractivity contribution is 5.41. The molecule has 2 N–H and O–H groups in total. The van der Waals surface area contributed by atoms with Gasteiger partial charge in [-0.05, 0) is 18.1 Å². The van der Waals surface area contributed by atoms with E-state index in [0.29, 0.717) is 18.1 Å². The van der Waals surface area contributed by atoms with Crippen molar-refractivity contribution in [1.29, 1.82) is 0 Å². The van der Waals surface area contributed by atoms with Crippen LogP contribution in [-0.4, -0.2) is 9.97 Å². The maximum atomic E-state index is 5.83. The van der Waals surface area contributed by atoms with Crippen molar-refractivity contribution in [3.63, 3.8) is 0 Å². The second-order valence-electron chi connectivity index (χ2n) is 4.38. The number of nitrogens with zero attached hydrogens (tertiary/aromatic N) is 2. The third kappa shape index (κ3) is 2.97. The van der Waals surface area contributed by atoms with Crippen LogP contribution in [0.5, 0.6) is 5.75 Å². The largest absolute Gasteiger partial charge is 0.486 e. The van der Waals surface area contributed by atoms with Gasteiger partial charge in [-0.25, -0.2) is 9.97 Å². The van der Waals surface area contributed by atoms with E-state index in [-0.39, 0.29) is 5.92 Å². The highest BCUT2D eigenvalue weighted by Crippen LogP contribution is 2.18. The molecule has 0 unspecified atom stereocenters. The van der Waals surface area contributed by atoms with Crippen LogP contribution in [0.4, 0.5) is 5.69 Å². The third-order valence-corrected chi connectivity index (χ3v) is 2.56. The second-order valence-corrected chi connectivity index (χ2v) is 4.38. The van der Waals surface area contributed by atoms with Crippen LogP contribution in [0.1, 0.15) is 31.3 Å². The molecule has 0 atom stereocenters. The number of nitrogens with two attached hydrogens (primary N) is 1. The molecule has 2 rings (SSSR count). The molecule has 18 heavy (non-hydrogen) atoms. The number of anilines is 1. The molecule has 0 aliphatic rings. The molecule has 0 saturated heterocycles. The van der Waals surface area contributed by atoms with Crippen molar-refractivity contribution < 1.29 is 4.74 Å². The fourth-order valence-electron chi connectivity index (χ4n) is 1.64. The van der Waals surface area contributed by atoms with E-state index in [1.807, 2.05) is 30.3 Å². The average Bonchev–Trinajstić information content (AvgIpc) is 2.38. The number of ether oxygens (including phenoxy) is 1. The summed E-state index contributed by atoms with van der Waals surface area (Å²) in [4.78, 5) is 8.60. The summed E-state index contributed by atoms with van der Waals surface area (Å²) in [5, 5.41) is 0. The lowest BCUT2D eigenvalue weighted by Gasteiger charge is -2.10. The van der Waals surface area contributed by atoms with Gasteiger partial charge in [-0.15, -0.1) is 0 Å². The Bertz CT molecular complexity index is 512. The maximum absolute atomic E-state index is 5.83. The van der Waals surface area contributed by atoms with Gasteiger partial charge in [0, 0.05) is 0 Å². The molecule has 0 aliphatic carbocycles. The molecule has 0 radical (unpaired) electrons. The van der Waals surface area contributed by atoms with Gasteiger partial charge in [0.05, 0.1) is 17.6 Å². The molecule has 2 aromatic rings. The lowest BCUT2D eigenvalue weighted by Crippen LogP contribution is -2.07. The van der Waals surface area contributed by atoms with Gasteiger partial charge in [0.25, 0.3) is 0 Å². The van der Waals surface area contributed by atoms with Crippen molar-refractivity contribution in [3.05, 3.63) is 48.0 Å². The van der Waals surface area contributed by atoms with Crippen molar-refractivity contribution >= 4 is 5.69 Å². The number of rotatable bonds is 4. The number of hydrogen-bond acceptors (Lipinski definition) is 4. The van der Waals surface area contributed by atoms with E-state index in [4.69, 9.17) is 10.5 Å². The molecule has 0 amide bonds. The Hall–Kier alpha value is -2.10. The molecule has 94 valence electrons. The van der Waals surface area contributed by atoms with E-state index >= 15 is 0 Å². The van der Waals surface area contributed by atoms with Gasteiger partial charge in [0.15, 0.2) is 5.82 Å². The molecule has 4 heteroatoms. The molecule has 4 nitrogen and oxygen atoms in total. The van der Waals surface area contributed by atoms with Crippen LogP contribution in [0.15, 0.2) is 36.5 Å². The Balaban J connectivity index is 2.08. The van der Waals surface area contributed by atoms with Crippen LogP contribution in [0.2, 0.25) is 0 Å². The highest BCUT2D eigenvalue weighted by Gasteiger charge is 2.08. The zero-order valence-electron chi connectivity index (χ0n) is 10.6. The molecule has 1 aromatic carbocycles. The van der Waals surface area contributed by atoms with Gasteiger partial charge in [0.1, 0.15) is 12.4 Å². The summed E-state index contributed by atoms with van der Waals surface area (Å²) in [5.74, 6) is 1.74. The fourth-order valence-corrected chi connectivity index (χ4v) is 1.64. The van der Waals surface area contributed by atoms with Gasteiger partial charge in [-0.1, -0.05) is 32.0 Å². The third-order valence-electron chi connectivity index (χ3n) is 2.56. The Morgan fingerprint density at radius 1 is 1.22 bits per heavy atom. The fraction of sp³-hybridized carbons (Fsp3) is 0.286. The molecule has 0 bridgehead atoms. The zero-order valence-corrected chi connectivity index (χ0v) is 10.6. The summed E-state index contributed by atoms with van der Waals surface area (Å²) in [7, 11) is 0. The predicted octanol–water partition coefficient (Wildman–Crippen LogP) is 2.76. The number of aromatic nitrogens is 2. The summed E-state index contributed by atoms with van der Waals surface area (Å²) >= 11 is 0. The Morgan fingerprint density at radius 3 is 2.61 bits per heavy atom. The molecule has 0 fully saturated rings. The van der Waals surface area contributed by atoms with Crippen LogP contribution in [0.25, 0.3) is 0 Å². The lowest BCUT2D eigenvalue weighted by molar-refractivity contribution is 0.295. The lowest BCUT2D eigenvalue weighted by atomic mass is 10.1. The van der Waals surface area contributed by atoms with Crippen LogP contribution >= 0.6 is 0 Å². The van der Waals surface area contributed by atoms with Gasteiger partial charge in [0.2, 0.25) is 0 Å². The first-order valence-electron chi connectivity index (χ1n) is 5.96. The molecular weight excluding hydrogens is 226 g/mol. The van der Waals surface area contributed by atoms with Gasteiger partial charge in [-0.3, -0.25) is 0 Å². The minimum Gasteiger partial charge on any atom is -0.486 e. The minimum absolute atomic E-state index is 0.281. The second kappa shape index (κ2) is 5.49. The van der Waals surface area contributed by atoms with Crippen molar-refractivity contribution in [3.8, 4) is 5.75 Å². The topological polar surface area (TPSA) is 61.0 Å². The standard InChI is InChI=1S/C14H17N3O/c1-10(2)14-12(15)8-16-13(17-14)9-18-11-6-4-3-5-7-11/h3-8,10H,9,15H2,1-2H3. The minimum atomic E-state index is 0.281. The van der Waals surface area contributed by atoms with Gasteiger partial charge < -0.3 is 10.5 Å². The molecular formula is C14H17N3O. The van der Waals surface area contributed by atoms with Gasteiger partial charge in [-0.2, -0.15) is 0 Å². The van der Waals surface area contributed by atoms with E-state index in [1.165, 1.54) is 0 Å². The van der Waals surface area contributed by atoms with E-state index in [9.17, 15) is 0 Å². The summed E-state index contributed by atoms with van der Waals surface area (Å²) in [5.41, 5.74) is 7.34. The quantitative estimate of drug-likeness (QED) is 0.897. The molecule has 1 heterocycles. The van der Waals surface area contributed by atoms with E-state index in [2.05, 4.69) is 23.8 Å². The van der Waals surface area contributed by atoms with Crippen LogP contribution in [-0.2, 0) is 6.61 Å². The average molecular weight is 243 g/mol. The normalized spacial score (nSPS) is 10.6. The Morgan fingerprint density at radius 2 is 1.94 bits per heavy atom. The van der Waals surface area contributed by atoms with Crippen molar-refractivity contribution in [2.45, 2.75) is 26.4 Å². The van der Waals surface area contributed by atoms with Crippen LogP contribution in [0, 0.1) is 0 Å². The SMILES string of the molecule is CC(C)c1nc(COc2ccccc2)ncc1N. The summed E-state index contributed by atoms with van der Waals surface area (Å²) in [6.45, 7) is 4.46.